The number of pyridine rings is 1. The second-order valence-corrected chi connectivity index (χ2v) is 8.58. The van der Waals surface area contributed by atoms with E-state index in [0.29, 0.717) is 29.5 Å². The van der Waals surface area contributed by atoms with Gasteiger partial charge in [0.15, 0.2) is 5.82 Å². The third-order valence-electron chi connectivity index (χ3n) is 5.75. The monoisotopic (exact) mass is 478 g/mol. The van der Waals surface area contributed by atoms with Gasteiger partial charge < -0.3 is 10.6 Å². The number of halogens is 1. The van der Waals surface area contributed by atoms with E-state index in [-0.39, 0.29) is 0 Å². The average molecular weight is 479 g/mol. The first-order chi connectivity index (χ1) is 17.2. The van der Waals surface area contributed by atoms with Crippen LogP contribution in [0.2, 0.25) is 5.02 Å². The van der Waals surface area contributed by atoms with Gasteiger partial charge in [0, 0.05) is 35.3 Å². The molecule has 35 heavy (non-hydrogen) atoms. The van der Waals surface area contributed by atoms with E-state index in [9.17, 15) is 0 Å². The Hall–Kier alpha value is -4.21. The maximum atomic E-state index is 8.92. The van der Waals surface area contributed by atoms with E-state index in [1.165, 1.54) is 0 Å². The molecular weight excluding hydrogens is 456 g/mol. The van der Waals surface area contributed by atoms with Gasteiger partial charge in [-0.25, -0.2) is 15.0 Å². The van der Waals surface area contributed by atoms with Crippen molar-refractivity contribution in [3.05, 3.63) is 95.2 Å². The largest absolute Gasteiger partial charge is 0.368 e. The van der Waals surface area contributed by atoms with Crippen molar-refractivity contribution in [1.29, 1.82) is 5.26 Å². The van der Waals surface area contributed by atoms with Gasteiger partial charge in [-0.1, -0.05) is 48.0 Å². The van der Waals surface area contributed by atoms with Crippen LogP contribution in [-0.4, -0.2) is 28.0 Å². The number of anilines is 2. The van der Waals surface area contributed by atoms with Gasteiger partial charge in [-0.15, -0.1) is 0 Å². The molecule has 0 unspecified atom stereocenters. The molecule has 1 aliphatic carbocycles. The zero-order valence-electron chi connectivity index (χ0n) is 19.0. The lowest BCUT2D eigenvalue weighted by Crippen LogP contribution is -2.15. The molecule has 0 saturated carbocycles. The van der Waals surface area contributed by atoms with E-state index in [2.05, 4.69) is 39.9 Å². The zero-order chi connectivity index (χ0) is 24.0. The van der Waals surface area contributed by atoms with E-state index in [4.69, 9.17) is 26.8 Å². The first-order valence-electron chi connectivity index (χ1n) is 11.5. The topological polar surface area (TPSA) is 86.5 Å². The molecule has 4 aromatic rings. The molecule has 2 heterocycles. The summed E-state index contributed by atoms with van der Waals surface area (Å²) in [6, 6.07) is 19.5. The van der Waals surface area contributed by atoms with Gasteiger partial charge in [0.25, 0.3) is 0 Å². The summed E-state index contributed by atoms with van der Waals surface area (Å²) in [5.41, 5.74) is 4.53. The number of allylic oxidation sites excluding steroid dienone is 4. The van der Waals surface area contributed by atoms with Crippen molar-refractivity contribution in [3.8, 4) is 17.5 Å². The lowest BCUT2D eigenvalue weighted by Gasteiger charge is -2.15. The highest BCUT2D eigenvalue weighted by molar-refractivity contribution is 6.31. The third kappa shape index (κ3) is 5.16. The molecule has 2 aromatic carbocycles. The minimum atomic E-state index is 0.536. The molecule has 1 aliphatic rings. The van der Waals surface area contributed by atoms with Crippen molar-refractivity contribution in [3.63, 3.8) is 0 Å². The van der Waals surface area contributed by atoms with Crippen LogP contribution >= 0.6 is 11.6 Å². The van der Waals surface area contributed by atoms with E-state index < -0.39 is 0 Å². The zero-order valence-corrected chi connectivity index (χ0v) is 19.8. The van der Waals surface area contributed by atoms with Gasteiger partial charge in [0.2, 0.25) is 0 Å². The molecule has 0 amide bonds. The molecule has 0 spiro atoms. The number of rotatable bonds is 7. The summed E-state index contributed by atoms with van der Waals surface area (Å²) in [6.07, 6.45) is 10.2. The molecule has 0 atom stereocenters. The van der Waals surface area contributed by atoms with Crippen LogP contribution in [0.25, 0.3) is 27.9 Å². The molecule has 5 rings (SSSR count). The molecule has 2 N–H and O–H groups in total. The minimum absolute atomic E-state index is 0.536. The number of nitriles is 1. The molecular formula is C28H23ClN6. The first kappa shape index (κ1) is 22.6. The Balaban J connectivity index is 1.43. The third-order valence-corrected chi connectivity index (χ3v) is 5.98. The van der Waals surface area contributed by atoms with E-state index in [1.54, 1.807) is 18.3 Å². The fraction of sp³-hybridized carbons (Fsp3) is 0.143. The van der Waals surface area contributed by atoms with E-state index in [0.717, 1.165) is 52.1 Å². The number of hydrogen-bond acceptors (Lipinski definition) is 6. The lowest BCUT2D eigenvalue weighted by molar-refractivity contribution is 1.04. The van der Waals surface area contributed by atoms with Crippen LogP contribution in [0, 0.1) is 11.3 Å². The second-order valence-electron chi connectivity index (χ2n) is 8.14. The number of nitrogens with one attached hydrogen (secondary N) is 2. The smallest absolute Gasteiger partial charge is 0.162 e. The Labute approximate surface area is 209 Å². The highest BCUT2D eigenvalue weighted by Crippen LogP contribution is 2.34. The summed E-state index contributed by atoms with van der Waals surface area (Å²) in [4.78, 5) is 14.1. The fourth-order valence-corrected chi connectivity index (χ4v) is 4.21. The van der Waals surface area contributed by atoms with Crippen LogP contribution in [0.3, 0.4) is 0 Å². The molecule has 0 aliphatic heterocycles. The molecule has 6 nitrogen and oxygen atoms in total. The average Bonchev–Trinajstić information content (AvgIpc) is 2.91. The number of nitrogens with zero attached hydrogens (tertiary/aromatic N) is 4. The van der Waals surface area contributed by atoms with Crippen LogP contribution in [0.1, 0.15) is 24.0 Å². The quantitative estimate of drug-likeness (QED) is 0.296. The molecule has 0 bridgehead atoms. The Morgan fingerprint density at radius 2 is 1.83 bits per heavy atom. The summed E-state index contributed by atoms with van der Waals surface area (Å²) >= 11 is 6.40. The van der Waals surface area contributed by atoms with Crippen molar-refractivity contribution >= 4 is 39.7 Å². The molecule has 2 aromatic heterocycles. The summed E-state index contributed by atoms with van der Waals surface area (Å²) in [5.74, 6) is 2.11. The number of hydrogen-bond donors (Lipinski definition) is 2. The van der Waals surface area contributed by atoms with Gasteiger partial charge in [-0.05, 0) is 60.4 Å². The fourth-order valence-electron chi connectivity index (χ4n) is 4.03. The summed E-state index contributed by atoms with van der Waals surface area (Å²) in [6.45, 7) is 1.26. The Morgan fingerprint density at radius 3 is 2.63 bits per heavy atom. The number of fused-ring (bicyclic) bond motifs is 1. The maximum Gasteiger partial charge on any atom is 0.162 e. The van der Waals surface area contributed by atoms with E-state index >= 15 is 0 Å². The number of aromatic nitrogens is 3. The maximum absolute atomic E-state index is 8.92. The normalized spacial score (nSPS) is 12.7. The molecule has 172 valence electrons. The van der Waals surface area contributed by atoms with Gasteiger partial charge in [0.05, 0.1) is 11.1 Å². The first-order valence-corrected chi connectivity index (χ1v) is 11.9. The Kier molecular flexibility index (Phi) is 6.69. The SMILES string of the molecule is N#Cc1ccc(NCCNc2nc(-c3cc(Cl)ccc3C3=CCCC=C3)nc3ccccc23)nc1. The van der Waals surface area contributed by atoms with Gasteiger partial charge in [0.1, 0.15) is 17.7 Å². The summed E-state index contributed by atoms with van der Waals surface area (Å²) < 4.78 is 0. The van der Waals surface area contributed by atoms with Gasteiger partial charge in [-0.2, -0.15) is 5.26 Å². The van der Waals surface area contributed by atoms with Crippen molar-refractivity contribution < 1.29 is 0 Å². The van der Waals surface area contributed by atoms with Crippen LogP contribution in [-0.2, 0) is 0 Å². The molecule has 0 radical (unpaired) electrons. The van der Waals surface area contributed by atoms with Gasteiger partial charge in [-0.3, -0.25) is 0 Å². The molecule has 0 saturated heterocycles. The highest BCUT2D eigenvalue weighted by atomic mass is 35.5. The highest BCUT2D eigenvalue weighted by Gasteiger charge is 2.15. The number of para-hydroxylation sites is 1. The standard InChI is InChI=1S/C28H23ClN6/c29-21-11-12-22(20-6-2-1-3-7-20)24(16-21)28-34-25-9-5-4-8-23(25)27(35-28)32-15-14-31-26-13-10-19(17-30)18-33-26/h2,4-13,16,18H,1,3,14-15H2,(H,31,33)(H,32,34,35). The molecule has 7 heteroatoms. The van der Waals surface area contributed by atoms with Crippen molar-refractivity contribution in [2.24, 2.45) is 0 Å². The summed E-state index contributed by atoms with van der Waals surface area (Å²) in [5, 5.41) is 17.2. The minimum Gasteiger partial charge on any atom is -0.368 e. The van der Waals surface area contributed by atoms with Gasteiger partial charge >= 0.3 is 0 Å². The summed E-state index contributed by atoms with van der Waals surface area (Å²) in [7, 11) is 0. The van der Waals surface area contributed by atoms with Crippen LogP contribution < -0.4 is 10.6 Å². The Morgan fingerprint density at radius 1 is 0.943 bits per heavy atom. The predicted molar refractivity (Wildman–Crippen MR) is 142 cm³/mol. The van der Waals surface area contributed by atoms with Crippen LogP contribution in [0.15, 0.2) is 79.0 Å². The Bertz CT molecular complexity index is 1470. The van der Waals surface area contributed by atoms with Crippen LogP contribution in [0.4, 0.5) is 11.6 Å². The van der Waals surface area contributed by atoms with Crippen LogP contribution in [0.5, 0.6) is 0 Å². The van der Waals surface area contributed by atoms with Crippen molar-refractivity contribution in [1.82, 2.24) is 15.0 Å². The second kappa shape index (κ2) is 10.4. The molecule has 0 fully saturated rings. The van der Waals surface area contributed by atoms with Crippen molar-refractivity contribution in [2.45, 2.75) is 12.8 Å². The van der Waals surface area contributed by atoms with E-state index in [1.807, 2.05) is 42.5 Å². The lowest BCUT2D eigenvalue weighted by atomic mass is 9.95. The number of benzene rings is 2. The predicted octanol–water partition coefficient (Wildman–Crippen LogP) is 6.47. The van der Waals surface area contributed by atoms with Crippen molar-refractivity contribution in [2.75, 3.05) is 23.7 Å².